The van der Waals surface area contributed by atoms with Crippen LogP contribution in [-0.2, 0) is 0 Å². The first kappa shape index (κ1) is 18.6. The predicted molar refractivity (Wildman–Crippen MR) is 122 cm³/mol. The summed E-state index contributed by atoms with van der Waals surface area (Å²) in [5.74, 6) is 0.879. The molecule has 30 heavy (non-hydrogen) atoms. The molecular formula is C25H20ClN3O. The number of aromatic nitrogens is 3. The summed E-state index contributed by atoms with van der Waals surface area (Å²) in [7, 11) is 0. The van der Waals surface area contributed by atoms with Crippen LogP contribution in [0.2, 0.25) is 5.02 Å². The van der Waals surface area contributed by atoms with Gasteiger partial charge in [0.1, 0.15) is 11.4 Å². The molecule has 2 aromatic carbocycles. The molecule has 0 atom stereocenters. The van der Waals surface area contributed by atoms with E-state index < -0.39 is 0 Å². The molecule has 0 aliphatic heterocycles. The zero-order valence-corrected chi connectivity index (χ0v) is 17.5. The van der Waals surface area contributed by atoms with Crippen molar-refractivity contribution in [3.05, 3.63) is 84.3 Å². The van der Waals surface area contributed by atoms with Crippen LogP contribution in [0.25, 0.3) is 38.9 Å². The van der Waals surface area contributed by atoms with Gasteiger partial charge in [-0.1, -0.05) is 29.8 Å². The Morgan fingerprint density at radius 2 is 1.63 bits per heavy atom. The summed E-state index contributed by atoms with van der Waals surface area (Å²) in [6, 6.07) is 20.5. The second-order valence-electron chi connectivity index (χ2n) is 7.54. The lowest BCUT2D eigenvalue weighted by Gasteiger charge is -2.10. The van der Waals surface area contributed by atoms with Crippen LogP contribution in [-0.4, -0.2) is 20.5 Å². The minimum absolute atomic E-state index is 0.164. The highest BCUT2D eigenvalue weighted by molar-refractivity contribution is 6.31. The monoisotopic (exact) mass is 413 g/mol. The van der Waals surface area contributed by atoms with Gasteiger partial charge in [-0.15, -0.1) is 0 Å². The highest BCUT2D eigenvalue weighted by atomic mass is 35.5. The molecule has 0 spiro atoms. The fourth-order valence-corrected chi connectivity index (χ4v) is 3.80. The average Bonchev–Trinajstić information content (AvgIpc) is 3.16. The molecule has 0 N–H and O–H groups in total. The molecule has 0 fully saturated rings. The second kappa shape index (κ2) is 7.47. The van der Waals surface area contributed by atoms with Gasteiger partial charge < -0.3 is 4.74 Å². The molecule has 0 aliphatic carbocycles. The van der Waals surface area contributed by atoms with Crippen LogP contribution in [0, 0.1) is 0 Å². The van der Waals surface area contributed by atoms with E-state index in [2.05, 4.69) is 57.0 Å². The van der Waals surface area contributed by atoms with Gasteiger partial charge in [0.05, 0.1) is 28.5 Å². The van der Waals surface area contributed by atoms with Crippen molar-refractivity contribution in [2.24, 2.45) is 0 Å². The van der Waals surface area contributed by atoms with E-state index in [9.17, 15) is 0 Å². The van der Waals surface area contributed by atoms with E-state index in [1.54, 1.807) is 6.20 Å². The molecule has 3 aromatic heterocycles. The van der Waals surface area contributed by atoms with Crippen LogP contribution in [0.5, 0.6) is 5.75 Å². The molecule has 0 amide bonds. The van der Waals surface area contributed by atoms with Gasteiger partial charge in [-0.3, -0.25) is 9.38 Å². The lowest BCUT2D eigenvalue weighted by Crippen LogP contribution is -2.05. The number of rotatable bonds is 4. The Balaban J connectivity index is 1.51. The number of benzene rings is 2. The summed E-state index contributed by atoms with van der Waals surface area (Å²) in [6.07, 6.45) is 5.79. The maximum Gasteiger partial charge on any atom is 0.137 e. The SMILES string of the molecule is CC(C)Oc1ccc(-c2ccn3c(-c4ccc5ncc(Cl)cc5c4)cnc3c2)cc1. The summed E-state index contributed by atoms with van der Waals surface area (Å²) >= 11 is 6.11. The van der Waals surface area contributed by atoms with Crippen LogP contribution < -0.4 is 4.74 Å². The second-order valence-corrected chi connectivity index (χ2v) is 7.98. The maximum absolute atomic E-state index is 6.11. The van der Waals surface area contributed by atoms with Crippen LogP contribution in [0.1, 0.15) is 13.8 Å². The van der Waals surface area contributed by atoms with E-state index in [4.69, 9.17) is 16.3 Å². The largest absolute Gasteiger partial charge is 0.491 e. The summed E-state index contributed by atoms with van der Waals surface area (Å²) in [5, 5.41) is 1.64. The third kappa shape index (κ3) is 3.51. The number of imidazole rings is 1. The van der Waals surface area contributed by atoms with Crippen molar-refractivity contribution in [3.63, 3.8) is 0 Å². The van der Waals surface area contributed by atoms with Gasteiger partial charge in [0.2, 0.25) is 0 Å². The Kier molecular flexibility index (Phi) is 4.64. The molecule has 0 saturated carbocycles. The third-order valence-corrected chi connectivity index (χ3v) is 5.22. The quantitative estimate of drug-likeness (QED) is 0.331. The molecule has 0 bridgehead atoms. The average molecular weight is 414 g/mol. The van der Waals surface area contributed by atoms with Crippen molar-refractivity contribution < 1.29 is 4.74 Å². The molecule has 5 rings (SSSR count). The molecule has 0 saturated heterocycles. The minimum atomic E-state index is 0.164. The Morgan fingerprint density at radius 3 is 2.43 bits per heavy atom. The molecule has 0 radical (unpaired) electrons. The van der Waals surface area contributed by atoms with E-state index in [0.29, 0.717) is 5.02 Å². The number of hydrogen-bond donors (Lipinski definition) is 0. The van der Waals surface area contributed by atoms with E-state index in [0.717, 1.165) is 44.7 Å². The number of nitrogens with zero attached hydrogens (tertiary/aromatic N) is 3. The van der Waals surface area contributed by atoms with Crippen molar-refractivity contribution in [1.29, 1.82) is 0 Å². The topological polar surface area (TPSA) is 39.4 Å². The van der Waals surface area contributed by atoms with Gasteiger partial charge in [-0.05, 0) is 67.4 Å². The maximum atomic E-state index is 6.11. The number of ether oxygens (including phenoxy) is 1. The minimum Gasteiger partial charge on any atom is -0.491 e. The summed E-state index contributed by atoms with van der Waals surface area (Å²) in [4.78, 5) is 9.00. The fraction of sp³-hybridized carbons (Fsp3) is 0.120. The fourth-order valence-electron chi connectivity index (χ4n) is 3.64. The van der Waals surface area contributed by atoms with Crippen LogP contribution >= 0.6 is 11.6 Å². The van der Waals surface area contributed by atoms with Crippen LogP contribution in [0.4, 0.5) is 0 Å². The highest BCUT2D eigenvalue weighted by Gasteiger charge is 2.09. The molecular weight excluding hydrogens is 394 g/mol. The normalized spacial score (nSPS) is 11.5. The van der Waals surface area contributed by atoms with Crippen LogP contribution in [0.3, 0.4) is 0 Å². The van der Waals surface area contributed by atoms with Gasteiger partial charge in [-0.25, -0.2) is 4.98 Å². The van der Waals surface area contributed by atoms with E-state index in [1.807, 2.05) is 44.3 Å². The summed E-state index contributed by atoms with van der Waals surface area (Å²) < 4.78 is 7.83. The lowest BCUT2D eigenvalue weighted by molar-refractivity contribution is 0.242. The smallest absolute Gasteiger partial charge is 0.137 e. The molecule has 5 aromatic rings. The Hall–Kier alpha value is -3.37. The first-order valence-electron chi connectivity index (χ1n) is 9.87. The predicted octanol–water partition coefficient (Wildman–Crippen LogP) is 6.66. The molecule has 4 nitrogen and oxygen atoms in total. The van der Waals surface area contributed by atoms with E-state index >= 15 is 0 Å². The van der Waals surface area contributed by atoms with E-state index in [1.165, 1.54) is 0 Å². The van der Waals surface area contributed by atoms with Gasteiger partial charge in [0.25, 0.3) is 0 Å². The molecule has 0 aliphatic rings. The summed E-state index contributed by atoms with van der Waals surface area (Å²) in [6.45, 7) is 4.05. The van der Waals surface area contributed by atoms with Crippen molar-refractivity contribution in [3.8, 4) is 28.1 Å². The Labute approximate surface area is 179 Å². The third-order valence-electron chi connectivity index (χ3n) is 5.02. The zero-order chi connectivity index (χ0) is 20.7. The zero-order valence-electron chi connectivity index (χ0n) is 16.7. The molecule has 0 unspecified atom stereocenters. The number of halogens is 1. The molecule has 3 heterocycles. The Morgan fingerprint density at radius 1 is 0.833 bits per heavy atom. The van der Waals surface area contributed by atoms with E-state index in [-0.39, 0.29) is 6.10 Å². The molecule has 148 valence electrons. The lowest BCUT2D eigenvalue weighted by atomic mass is 10.1. The summed E-state index contributed by atoms with van der Waals surface area (Å²) in [5.41, 5.74) is 6.16. The van der Waals surface area contributed by atoms with Crippen LogP contribution in [0.15, 0.2) is 79.3 Å². The number of pyridine rings is 2. The number of fused-ring (bicyclic) bond motifs is 2. The van der Waals surface area contributed by atoms with Crippen molar-refractivity contribution in [2.75, 3.05) is 0 Å². The van der Waals surface area contributed by atoms with Gasteiger partial charge in [-0.2, -0.15) is 0 Å². The standard InChI is InChI=1S/C25H20ClN3O/c1-16(2)30-22-6-3-17(4-7-22)18-9-10-29-24(15-28-25(29)13-18)19-5-8-23-20(11-19)12-21(26)14-27-23/h3-16H,1-2H3. The first-order chi connectivity index (χ1) is 14.6. The van der Waals surface area contributed by atoms with Crippen molar-refractivity contribution in [1.82, 2.24) is 14.4 Å². The van der Waals surface area contributed by atoms with Gasteiger partial charge >= 0.3 is 0 Å². The molecule has 5 heteroatoms. The van der Waals surface area contributed by atoms with Gasteiger partial charge in [0.15, 0.2) is 0 Å². The van der Waals surface area contributed by atoms with Crippen molar-refractivity contribution in [2.45, 2.75) is 20.0 Å². The number of hydrogen-bond acceptors (Lipinski definition) is 3. The Bertz CT molecular complexity index is 1360. The van der Waals surface area contributed by atoms with Gasteiger partial charge in [0, 0.05) is 23.3 Å². The first-order valence-corrected chi connectivity index (χ1v) is 10.2. The van der Waals surface area contributed by atoms with Crippen molar-refractivity contribution >= 4 is 28.2 Å². The highest BCUT2D eigenvalue weighted by Crippen LogP contribution is 2.28.